The second-order valence-electron chi connectivity index (χ2n) is 14.1. The summed E-state index contributed by atoms with van der Waals surface area (Å²) in [6.45, 7) is 14.2. The van der Waals surface area contributed by atoms with Crippen molar-refractivity contribution in [3.63, 3.8) is 0 Å². The summed E-state index contributed by atoms with van der Waals surface area (Å²) in [5, 5.41) is 17.7. The van der Waals surface area contributed by atoms with Gasteiger partial charge in [-0.25, -0.2) is 9.78 Å². The first-order valence-corrected chi connectivity index (χ1v) is 17.5. The molecule has 0 spiro atoms. The van der Waals surface area contributed by atoms with Gasteiger partial charge in [-0.15, -0.1) is 11.3 Å². The fourth-order valence-electron chi connectivity index (χ4n) is 6.24. The van der Waals surface area contributed by atoms with Crippen LogP contribution in [0.25, 0.3) is 10.4 Å². The number of aryl methyl sites for hydroxylation is 1. The molecule has 13 heteroatoms. The number of hydrogen-bond donors (Lipinski definition) is 2. The van der Waals surface area contributed by atoms with Gasteiger partial charge in [-0.3, -0.25) is 9.59 Å². The van der Waals surface area contributed by atoms with Crippen LogP contribution in [-0.4, -0.2) is 86.4 Å². The Labute approximate surface area is 285 Å². The van der Waals surface area contributed by atoms with Crippen molar-refractivity contribution in [2.45, 2.75) is 104 Å². The van der Waals surface area contributed by atoms with Gasteiger partial charge in [0.05, 0.1) is 28.2 Å². The Morgan fingerprint density at radius 1 is 1.10 bits per heavy atom. The summed E-state index contributed by atoms with van der Waals surface area (Å²) in [5.74, 6) is -0.952. The highest BCUT2D eigenvalue weighted by Gasteiger charge is 2.43. The smallest absolute Gasteiger partial charge is 0.410 e. The molecule has 0 unspecified atom stereocenters. The van der Waals surface area contributed by atoms with E-state index < -0.39 is 23.7 Å². The van der Waals surface area contributed by atoms with E-state index >= 15 is 0 Å². The highest BCUT2D eigenvalue weighted by molar-refractivity contribution is 7.13. The third kappa shape index (κ3) is 8.35. The number of ether oxygens (including phenoxy) is 2. The van der Waals surface area contributed by atoms with Crippen LogP contribution in [0.4, 0.5) is 4.79 Å². The van der Waals surface area contributed by atoms with E-state index in [1.54, 1.807) is 22.3 Å². The predicted octanol–water partition coefficient (Wildman–Crippen LogP) is 5.46. The monoisotopic (exact) mass is 681 g/mol. The van der Waals surface area contributed by atoms with Crippen molar-refractivity contribution in [3.05, 3.63) is 52.9 Å². The zero-order valence-corrected chi connectivity index (χ0v) is 29.6. The number of thiazole rings is 1. The van der Waals surface area contributed by atoms with Crippen LogP contribution in [0.1, 0.15) is 89.8 Å². The lowest BCUT2D eigenvalue weighted by molar-refractivity contribution is -0.141. The zero-order valence-electron chi connectivity index (χ0n) is 28.8. The molecule has 5 rings (SSSR count). The van der Waals surface area contributed by atoms with Crippen LogP contribution in [0, 0.1) is 12.8 Å². The summed E-state index contributed by atoms with van der Waals surface area (Å²) in [7, 11) is 0. The van der Waals surface area contributed by atoms with Crippen molar-refractivity contribution in [3.8, 4) is 16.3 Å². The number of benzene rings is 1. The number of β-amino-alcohol motifs (C(OH)–C–C–N with tert-alkyl or cyclic N) is 1. The molecular weight excluding hydrogens is 634 g/mol. The molecule has 48 heavy (non-hydrogen) atoms. The lowest BCUT2D eigenvalue weighted by Crippen LogP contribution is -2.48. The van der Waals surface area contributed by atoms with Gasteiger partial charge in [0.15, 0.2) is 5.76 Å². The maximum atomic E-state index is 14.0. The Hall–Kier alpha value is -3.97. The van der Waals surface area contributed by atoms with Crippen LogP contribution in [-0.2, 0) is 14.3 Å². The number of nitrogens with zero attached hydrogens (tertiary/aromatic N) is 4. The van der Waals surface area contributed by atoms with E-state index in [1.165, 1.54) is 4.90 Å². The molecule has 12 nitrogen and oxygen atoms in total. The Balaban J connectivity index is 1.20. The molecule has 2 aromatic heterocycles. The first-order valence-electron chi connectivity index (χ1n) is 16.6. The molecule has 2 aliphatic heterocycles. The molecule has 0 bridgehead atoms. The number of hydrogen-bond acceptors (Lipinski definition) is 10. The molecule has 260 valence electrons. The Morgan fingerprint density at radius 3 is 2.40 bits per heavy atom. The highest BCUT2D eigenvalue weighted by Crippen LogP contribution is 2.34. The number of aliphatic hydroxyl groups is 1. The average Bonchev–Trinajstić information content (AvgIpc) is 3.76. The minimum absolute atomic E-state index is 0.0468. The van der Waals surface area contributed by atoms with E-state index in [-0.39, 0.29) is 54.8 Å². The summed E-state index contributed by atoms with van der Waals surface area (Å²) in [4.78, 5) is 48.6. The molecule has 4 heterocycles. The molecule has 3 aromatic rings. The van der Waals surface area contributed by atoms with Crippen molar-refractivity contribution in [1.29, 1.82) is 0 Å². The van der Waals surface area contributed by atoms with Gasteiger partial charge in [-0.2, -0.15) is 0 Å². The molecule has 0 aliphatic carbocycles. The second kappa shape index (κ2) is 14.7. The standard InChI is InChI=1S/C35H47N5O7S/c1-20(2)30(28-17-29(38-47-28)45-26-12-14-39(15-13-26)34(44)46-35(5,6)7)33(43)40-18-25(41)16-27(40)32(42)37-21(3)23-8-10-24(11-9-23)31-22(4)36-19-48-31/h8-11,17,19-21,25-27,30,41H,12-16,18H2,1-7H3,(H,37,42)/t21-,25-,27+,30+/m1/s1. The first-order chi connectivity index (χ1) is 22.7. The third-order valence-corrected chi connectivity index (χ3v) is 9.75. The van der Waals surface area contributed by atoms with Crippen molar-refractivity contribution in [2.75, 3.05) is 19.6 Å². The number of rotatable bonds is 9. The summed E-state index contributed by atoms with van der Waals surface area (Å²) in [6, 6.07) is 8.48. The minimum atomic E-state index is -0.830. The largest absolute Gasteiger partial charge is 0.472 e. The number of nitrogens with one attached hydrogen (secondary N) is 1. The SMILES string of the molecule is Cc1ncsc1-c1ccc([C@@H](C)NC(=O)[C@@H]2C[C@@H](O)CN2C(=O)[C@H](c2cc(OC3CCN(C(=O)OC(C)(C)C)CC3)no2)C(C)C)cc1. The van der Waals surface area contributed by atoms with Crippen LogP contribution >= 0.6 is 11.3 Å². The van der Waals surface area contributed by atoms with Gasteiger partial charge in [0.25, 0.3) is 5.88 Å². The van der Waals surface area contributed by atoms with Gasteiger partial charge in [0, 0.05) is 45.0 Å². The number of aliphatic hydroxyl groups excluding tert-OH is 1. The topological polar surface area (TPSA) is 147 Å². The number of carbonyl (C=O) groups is 3. The molecule has 3 amide bonds. The van der Waals surface area contributed by atoms with Gasteiger partial charge in [0.1, 0.15) is 23.7 Å². The lowest BCUT2D eigenvalue weighted by Gasteiger charge is -2.33. The molecule has 0 saturated carbocycles. The fraction of sp³-hybridized carbons (Fsp3) is 0.571. The van der Waals surface area contributed by atoms with Crippen LogP contribution in [0.15, 0.2) is 40.4 Å². The van der Waals surface area contributed by atoms with E-state index in [2.05, 4.69) is 15.5 Å². The molecule has 0 radical (unpaired) electrons. The van der Waals surface area contributed by atoms with E-state index in [0.717, 1.165) is 21.7 Å². The van der Waals surface area contributed by atoms with Crippen molar-refractivity contribution < 1.29 is 33.5 Å². The van der Waals surface area contributed by atoms with E-state index in [4.69, 9.17) is 14.0 Å². The zero-order chi connectivity index (χ0) is 34.7. The van der Waals surface area contributed by atoms with Gasteiger partial charge < -0.3 is 34.2 Å². The molecular formula is C35H47N5O7S. The minimum Gasteiger partial charge on any atom is -0.472 e. The van der Waals surface area contributed by atoms with Crippen molar-refractivity contribution in [1.82, 2.24) is 25.3 Å². The maximum absolute atomic E-state index is 14.0. The summed E-state index contributed by atoms with van der Waals surface area (Å²) in [5.41, 5.74) is 4.23. The average molecular weight is 682 g/mol. The Kier molecular flexibility index (Phi) is 10.8. The number of likely N-dealkylation sites (tertiary alicyclic amines) is 2. The third-order valence-electron chi connectivity index (χ3n) is 8.77. The van der Waals surface area contributed by atoms with Gasteiger partial charge >= 0.3 is 6.09 Å². The van der Waals surface area contributed by atoms with Crippen LogP contribution < -0.4 is 10.1 Å². The Morgan fingerprint density at radius 2 is 1.79 bits per heavy atom. The van der Waals surface area contributed by atoms with E-state index in [9.17, 15) is 19.5 Å². The number of amides is 3. The lowest BCUT2D eigenvalue weighted by atomic mass is 9.91. The molecule has 1 aromatic carbocycles. The van der Waals surface area contributed by atoms with Gasteiger partial charge in [0.2, 0.25) is 11.8 Å². The maximum Gasteiger partial charge on any atom is 0.410 e. The van der Waals surface area contributed by atoms with Gasteiger partial charge in [-0.1, -0.05) is 38.1 Å². The second-order valence-corrected chi connectivity index (χ2v) is 14.9. The van der Waals surface area contributed by atoms with Crippen molar-refractivity contribution >= 4 is 29.2 Å². The van der Waals surface area contributed by atoms with Crippen molar-refractivity contribution in [2.24, 2.45) is 5.92 Å². The molecule has 2 N–H and O–H groups in total. The van der Waals surface area contributed by atoms with Crippen LogP contribution in [0.3, 0.4) is 0 Å². The molecule has 4 atom stereocenters. The van der Waals surface area contributed by atoms with Crippen LogP contribution in [0.2, 0.25) is 0 Å². The Bertz CT molecular complexity index is 1570. The molecule has 2 fully saturated rings. The van der Waals surface area contributed by atoms with Crippen LogP contribution in [0.5, 0.6) is 5.88 Å². The number of carbonyl (C=O) groups excluding carboxylic acids is 3. The van der Waals surface area contributed by atoms with Gasteiger partial charge in [-0.05, 0) is 56.8 Å². The fourth-order valence-corrected chi connectivity index (χ4v) is 7.05. The molecule has 2 saturated heterocycles. The van der Waals surface area contributed by atoms with E-state index in [1.807, 2.05) is 78.2 Å². The summed E-state index contributed by atoms with van der Waals surface area (Å²) >= 11 is 1.59. The predicted molar refractivity (Wildman–Crippen MR) is 181 cm³/mol. The quantitative estimate of drug-likeness (QED) is 0.300. The summed E-state index contributed by atoms with van der Waals surface area (Å²) < 4.78 is 17.2. The number of piperidine rings is 1. The molecule has 2 aliphatic rings. The highest BCUT2D eigenvalue weighted by atomic mass is 32.1. The van der Waals surface area contributed by atoms with E-state index in [0.29, 0.717) is 31.7 Å². The normalized spacial score (nSPS) is 20.1. The first kappa shape index (κ1) is 35.3. The number of aromatic nitrogens is 2. The summed E-state index contributed by atoms with van der Waals surface area (Å²) in [6.07, 6.45) is 0.00983.